The number of carbonyl (C=O) groups excluding carboxylic acids is 2. The molecule has 1 heterocycles. The van der Waals surface area contributed by atoms with E-state index >= 15 is 0 Å². The minimum absolute atomic E-state index is 0.0138. The van der Waals surface area contributed by atoms with Crippen molar-refractivity contribution in [2.75, 3.05) is 20.3 Å². The maximum atomic E-state index is 12.8. The molecule has 6 unspecified atom stereocenters. The largest absolute Gasteiger partial charge is 0.469 e. The Hall–Kier alpha value is -1.36. The predicted molar refractivity (Wildman–Crippen MR) is 104 cm³/mol. The number of hydrogen-bond donors (Lipinski definition) is 1. The van der Waals surface area contributed by atoms with Crippen LogP contribution in [0.3, 0.4) is 0 Å². The third-order valence-electron chi connectivity index (χ3n) is 9.55. The number of methoxy groups -OCH3 is 1. The van der Waals surface area contributed by atoms with Crippen LogP contribution in [-0.4, -0.2) is 37.7 Å². The summed E-state index contributed by atoms with van der Waals surface area (Å²) in [6.45, 7) is 5.33. The second-order valence-electron chi connectivity index (χ2n) is 9.89. The number of hydrogen-bond acceptors (Lipinski definition) is 5. The number of carbonyl (C=O) groups is 2. The number of nitrogens with one attached hydrogen (secondary N) is 1. The molecule has 28 heavy (non-hydrogen) atoms. The van der Waals surface area contributed by atoms with Gasteiger partial charge in [0.1, 0.15) is 0 Å². The lowest BCUT2D eigenvalue weighted by Crippen LogP contribution is -2.67. The van der Waals surface area contributed by atoms with Gasteiger partial charge in [0.05, 0.1) is 19.6 Å². The first kappa shape index (κ1) is 18.7. The Balaban J connectivity index is 1.73. The summed E-state index contributed by atoms with van der Waals surface area (Å²) in [7, 11) is 1.53. The smallest absolute Gasteiger partial charge is 0.309 e. The van der Waals surface area contributed by atoms with Crippen LogP contribution in [0.2, 0.25) is 0 Å². The molecule has 1 saturated heterocycles. The van der Waals surface area contributed by atoms with Gasteiger partial charge in [0.25, 0.3) is 0 Å². The maximum Gasteiger partial charge on any atom is 0.309 e. The highest BCUT2D eigenvalue weighted by molar-refractivity contribution is 5.75. The Kier molecular flexibility index (Phi) is 4.04. The van der Waals surface area contributed by atoms with Gasteiger partial charge in [0, 0.05) is 23.3 Å². The molecule has 0 aromatic heterocycles. The number of allylic oxidation sites excluding steroid dienone is 1. The summed E-state index contributed by atoms with van der Waals surface area (Å²) in [6.07, 6.45) is 8.65. The molecule has 1 N–H and O–H groups in total. The highest BCUT2D eigenvalue weighted by Crippen LogP contribution is 2.78. The van der Waals surface area contributed by atoms with Crippen LogP contribution in [0.4, 0.5) is 0 Å². The van der Waals surface area contributed by atoms with E-state index in [9.17, 15) is 9.59 Å². The quantitative estimate of drug-likeness (QED) is 0.592. The fourth-order valence-electron chi connectivity index (χ4n) is 8.58. The standard InChI is InChI=1S/C23H33NO4/c1-4-22-10-9-21(13-28-14(2)25)16(12-24-22)7-5-15-6-8-17-18(20(26)27-3)11-23(21,22)19(15)17/h16-18,24H,4-13H2,1-3H3. The van der Waals surface area contributed by atoms with Gasteiger partial charge in [-0.3, -0.25) is 9.59 Å². The molecule has 0 radical (unpaired) electrons. The number of piperidine rings is 1. The average molecular weight is 388 g/mol. The molecular weight excluding hydrogens is 354 g/mol. The van der Waals surface area contributed by atoms with E-state index in [2.05, 4.69) is 12.2 Å². The van der Waals surface area contributed by atoms with E-state index in [1.807, 2.05) is 0 Å². The summed E-state index contributed by atoms with van der Waals surface area (Å²) >= 11 is 0. The van der Waals surface area contributed by atoms with Crippen molar-refractivity contribution in [3.63, 3.8) is 0 Å². The number of ether oxygens (including phenoxy) is 2. The Morgan fingerprint density at radius 2 is 2.00 bits per heavy atom. The van der Waals surface area contributed by atoms with E-state index in [0.29, 0.717) is 18.4 Å². The maximum absolute atomic E-state index is 12.8. The predicted octanol–water partition coefficient (Wildman–Crippen LogP) is 3.38. The molecule has 4 bridgehead atoms. The van der Waals surface area contributed by atoms with Gasteiger partial charge in [-0.25, -0.2) is 0 Å². The summed E-state index contributed by atoms with van der Waals surface area (Å²) in [4.78, 5) is 24.7. The van der Waals surface area contributed by atoms with E-state index < -0.39 is 0 Å². The molecule has 6 atom stereocenters. The monoisotopic (exact) mass is 387 g/mol. The van der Waals surface area contributed by atoms with Crippen molar-refractivity contribution >= 4 is 11.9 Å². The molecule has 0 aromatic rings. The first-order valence-corrected chi connectivity index (χ1v) is 11.1. The van der Waals surface area contributed by atoms with Gasteiger partial charge < -0.3 is 14.8 Å². The highest BCUT2D eigenvalue weighted by atomic mass is 16.5. The third-order valence-corrected chi connectivity index (χ3v) is 9.55. The Labute approximate surface area is 167 Å². The normalized spacial score (nSPS) is 45.6. The Morgan fingerprint density at radius 3 is 2.71 bits per heavy atom. The van der Waals surface area contributed by atoms with Gasteiger partial charge >= 0.3 is 11.9 Å². The molecule has 3 fully saturated rings. The van der Waals surface area contributed by atoms with Gasteiger partial charge in [0.15, 0.2) is 0 Å². The fraction of sp³-hybridized carbons (Fsp3) is 0.826. The molecule has 0 amide bonds. The van der Waals surface area contributed by atoms with Crippen molar-refractivity contribution in [2.45, 2.75) is 70.8 Å². The van der Waals surface area contributed by atoms with Crippen molar-refractivity contribution in [2.24, 2.45) is 28.6 Å². The second-order valence-corrected chi connectivity index (χ2v) is 9.89. The van der Waals surface area contributed by atoms with E-state index in [-0.39, 0.29) is 34.2 Å². The van der Waals surface area contributed by atoms with Crippen LogP contribution < -0.4 is 5.32 Å². The summed E-state index contributed by atoms with van der Waals surface area (Å²) in [6, 6.07) is 0. The molecule has 1 aliphatic heterocycles. The Bertz CT molecular complexity index is 760. The fourth-order valence-corrected chi connectivity index (χ4v) is 8.58. The number of rotatable bonds is 4. The van der Waals surface area contributed by atoms with Crippen LogP contribution in [0, 0.1) is 28.6 Å². The zero-order valence-electron chi connectivity index (χ0n) is 17.4. The van der Waals surface area contributed by atoms with Gasteiger partial charge in [-0.15, -0.1) is 0 Å². The third kappa shape index (κ3) is 1.97. The van der Waals surface area contributed by atoms with Gasteiger partial charge in [-0.1, -0.05) is 18.1 Å². The van der Waals surface area contributed by atoms with E-state index in [1.54, 1.807) is 11.1 Å². The molecule has 1 spiro atoms. The van der Waals surface area contributed by atoms with Crippen LogP contribution in [0.15, 0.2) is 11.1 Å². The van der Waals surface area contributed by atoms with Crippen LogP contribution in [-0.2, 0) is 19.1 Å². The molecular formula is C23H33NO4. The topological polar surface area (TPSA) is 64.6 Å². The van der Waals surface area contributed by atoms with Crippen molar-refractivity contribution in [3.8, 4) is 0 Å². The van der Waals surface area contributed by atoms with Gasteiger partial charge in [0.2, 0.25) is 0 Å². The van der Waals surface area contributed by atoms with E-state index in [1.165, 1.54) is 20.5 Å². The second kappa shape index (κ2) is 6.07. The van der Waals surface area contributed by atoms with Crippen molar-refractivity contribution in [1.82, 2.24) is 5.32 Å². The molecule has 2 saturated carbocycles. The molecule has 5 heteroatoms. The van der Waals surface area contributed by atoms with Crippen molar-refractivity contribution < 1.29 is 19.1 Å². The molecule has 5 nitrogen and oxygen atoms in total. The first-order chi connectivity index (χ1) is 13.4. The zero-order valence-corrected chi connectivity index (χ0v) is 17.4. The molecule has 4 aliphatic carbocycles. The van der Waals surface area contributed by atoms with Crippen molar-refractivity contribution in [3.05, 3.63) is 11.1 Å². The summed E-state index contributed by atoms with van der Waals surface area (Å²) in [5.74, 6) is 0.543. The molecule has 154 valence electrons. The lowest BCUT2D eigenvalue weighted by Gasteiger charge is -2.60. The molecule has 0 aromatic carbocycles. The molecule has 5 rings (SSSR count). The average Bonchev–Trinajstić information content (AvgIpc) is 3.28. The van der Waals surface area contributed by atoms with Crippen molar-refractivity contribution in [1.29, 1.82) is 0 Å². The number of esters is 2. The first-order valence-electron chi connectivity index (χ1n) is 11.1. The lowest BCUT2D eigenvalue weighted by atomic mass is 9.49. The minimum Gasteiger partial charge on any atom is -0.469 e. The summed E-state index contributed by atoms with van der Waals surface area (Å²) in [5.41, 5.74) is 3.11. The Morgan fingerprint density at radius 1 is 1.21 bits per heavy atom. The van der Waals surface area contributed by atoms with Gasteiger partial charge in [-0.05, 0) is 69.7 Å². The van der Waals surface area contributed by atoms with E-state index in [4.69, 9.17) is 9.47 Å². The van der Waals surface area contributed by atoms with E-state index in [0.717, 1.165) is 51.5 Å². The van der Waals surface area contributed by atoms with Crippen LogP contribution in [0.1, 0.15) is 65.2 Å². The lowest BCUT2D eigenvalue weighted by molar-refractivity contribution is -0.157. The zero-order chi connectivity index (χ0) is 19.7. The van der Waals surface area contributed by atoms with Crippen LogP contribution in [0.25, 0.3) is 0 Å². The minimum atomic E-state index is -0.185. The summed E-state index contributed by atoms with van der Waals surface area (Å²) < 4.78 is 11.1. The van der Waals surface area contributed by atoms with Crippen LogP contribution >= 0.6 is 0 Å². The molecule has 5 aliphatic rings. The van der Waals surface area contributed by atoms with Gasteiger partial charge in [-0.2, -0.15) is 0 Å². The summed E-state index contributed by atoms with van der Waals surface area (Å²) in [5, 5.41) is 4.01. The highest BCUT2D eigenvalue weighted by Gasteiger charge is 2.77. The SMILES string of the molecule is CCC12CCC3(COC(C)=O)C(CCC4=C5C(CC4)C(C(=O)OC)CC513)CN2. The van der Waals surface area contributed by atoms with Crippen LogP contribution in [0.5, 0.6) is 0 Å².